The zero-order valence-corrected chi connectivity index (χ0v) is 11.2. The van der Waals surface area contributed by atoms with Crippen molar-refractivity contribution in [2.45, 2.75) is 26.2 Å². The summed E-state index contributed by atoms with van der Waals surface area (Å²) in [7, 11) is 1.83. The standard InChI is InChI=1S/C15H17N3O/c1-10-14(9-16-18(10)2)15(19)17-13-7-6-11-4-3-5-12(11)8-13/h6-9H,3-5H2,1-2H3,(H,17,19). The van der Waals surface area contributed by atoms with Crippen LogP contribution in [0.1, 0.15) is 33.6 Å². The molecule has 2 aromatic rings. The lowest BCUT2D eigenvalue weighted by atomic mass is 10.1. The van der Waals surface area contributed by atoms with Crippen molar-refractivity contribution in [3.05, 3.63) is 46.8 Å². The number of nitrogens with one attached hydrogen (secondary N) is 1. The summed E-state index contributed by atoms with van der Waals surface area (Å²) < 4.78 is 1.71. The number of anilines is 1. The van der Waals surface area contributed by atoms with Crippen LogP contribution in [-0.2, 0) is 19.9 Å². The Morgan fingerprint density at radius 3 is 2.84 bits per heavy atom. The van der Waals surface area contributed by atoms with E-state index in [0.717, 1.165) is 24.2 Å². The second kappa shape index (κ2) is 4.53. The van der Waals surface area contributed by atoms with Crippen LogP contribution < -0.4 is 5.32 Å². The lowest BCUT2D eigenvalue weighted by Crippen LogP contribution is -2.13. The van der Waals surface area contributed by atoms with Crippen molar-refractivity contribution >= 4 is 11.6 Å². The topological polar surface area (TPSA) is 46.9 Å². The summed E-state index contributed by atoms with van der Waals surface area (Å²) in [6, 6.07) is 6.19. The van der Waals surface area contributed by atoms with E-state index in [4.69, 9.17) is 0 Å². The van der Waals surface area contributed by atoms with E-state index in [9.17, 15) is 4.79 Å². The van der Waals surface area contributed by atoms with Gasteiger partial charge in [-0.1, -0.05) is 6.07 Å². The third-order valence-corrected chi connectivity index (χ3v) is 3.84. The number of aryl methyl sites for hydroxylation is 3. The molecule has 0 saturated heterocycles. The van der Waals surface area contributed by atoms with E-state index in [2.05, 4.69) is 22.5 Å². The summed E-state index contributed by atoms with van der Waals surface area (Å²) in [6.45, 7) is 1.89. The molecule has 1 heterocycles. The SMILES string of the molecule is Cc1c(C(=O)Nc2ccc3c(c2)CCC3)cnn1C. The highest BCUT2D eigenvalue weighted by molar-refractivity contribution is 6.04. The first-order valence-electron chi connectivity index (χ1n) is 6.57. The molecule has 19 heavy (non-hydrogen) atoms. The second-order valence-electron chi connectivity index (χ2n) is 5.06. The highest BCUT2D eigenvalue weighted by atomic mass is 16.1. The van der Waals surface area contributed by atoms with Gasteiger partial charge in [-0.15, -0.1) is 0 Å². The lowest BCUT2D eigenvalue weighted by Gasteiger charge is -2.07. The molecule has 4 nitrogen and oxygen atoms in total. The number of hydrogen-bond donors (Lipinski definition) is 1. The van der Waals surface area contributed by atoms with Gasteiger partial charge in [-0.3, -0.25) is 9.48 Å². The number of fused-ring (bicyclic) bond motifs is 1. The molecule has 0 aliphatic heterocycles. The van der Waals surface area contributed by atoms with E-state index in [1.54, 1.807) is 10.9 Å². The monoisotopic (exact) mass is 255 g/mol. The summed E-state index contributed by atoms with van der Waals surface area (Å²) in [5.74, 6) is -0.0939. The Kier molecular flexibility index (Phi) is 2.85. The molecule has 98 valence electrons. The zero-order chi connectivity index (χ0) is 13.4. The van der Waals surface area contributed by atoms with Gasteiger partial charge in [0.15, 0.2) is 0 Å². The van der Waals surface area contributed by atoms with Gasteiger partial charge in [-0.25, -0.2) is 0 Å². The van der Waals surface area contributed by atoms with Crippen LogP contribution in [0.15, 0.2) is 24.4 Å². The fraction of sp³-hybridized carbons (Fsp3) is 0.333. The Bertz CT molecular complexity index is 643. The average molecular weight is 255 g/mol. The normalized spacial score (nSPS) is 13.4. The molecule has 0 fully saturated rings. The molecule has 1 aliphatic carbocycles. The maximum atomic E-state index is 12.2. The molecule has 1 amide bonds. The van der Waals surface area contributed by atoms with Crippen molar-refractivity contribution in [2.75, 3.05) is 5.32 Å². The van der Waals surface area contributed by atoms with E-state index in [0.29, 0.717) is 5.56 Å². The summed E-state index contributed by atoms with van der Waals surface area (Å²) >= 11 is 0. The van der Waals surface area contributed by atoms with Crippen LogP contribution in [0.3, 0.4) is 0 Å². The Morgan fingerprint density at radius 2 is 2.11 bits per heavy atom. The van der Waals surface area contributed by atoms with Gasteiger partial charge in [-0.2, -0.15) is 5.10 Å². The van der Waals surface area contributed by atoms with Crippen LogP contribution in [0.2, 0.25) is 0 Å². The number of carbonyl (C=O) groups excluding carboxylic acids is 1. The van der Waals surface area contributed by atoms with Crippen LogP contribution in [0, 0.1) is 6.92 Å². The summed E-state index contributed by atoms with van der Waals surface area (Å²) in [6.07, 6.45) is 5.10. The zero-order valence-electron chi connectivity index (χ0n) is 11.2. The first-order chi connectivity index (χ1) is 9.15. The summed E-state index contributed by atoms with van der Waals surface area (Å²) in [5.41, 5.74) is 5.15. The molecule has 0 spiro atoms. The third kappa shape index (κ3) is 2.14. The first kappa shape index (κ1) is 12.0. The maximum absolute atomic E-state index is 12.2. The van der Waals surface area contributed by atoms with Crippen molar-refractivity contribution in [1.82, 2.24) is 9.78 Å². The molecule has 0 saturated carbocycles. The van der Waals surface area contributed by atoms with Gasteiger partial charge in [0.1, 0.15) is 0 Å². The van der Waals surface area contributed by atoms with Crippen molar-refractivity contribution in [2.24, 2.45) is 7.05 Å². The minimum Gasteiger partial charge on any atom is -0.322 e. The minimum atomic E-state index is -0.0939. The highest BCUT2D eigenvalue weighted by Crippen LogP contribution is 2.25. The number of hydrogen-bond acceptors (Lipinski definition) is 2. The molecule has 1 aliphatic rings. The van der Waals surface area contributed by atoms with Crippen LogP contribution >= 0.6 is 0 Å². The smallest absolute Gasteiger partial charge is 0.259 e. The Labute approximate surface area is 112 Å². The third-order valence-electron chi connectivity index (χ3n) is 3.84. The Balaban J connectivity index is 1.82. The van der Waals surface area contributed by atoms with E-state index in [-0.39, 0.29) is 5.91 Å². The second-order valence-corrected chi connectivity index (χ2v) is 5.06. The molecule has 0 radical (unpaired) electrons. The number of nitrogens with zero attached hydrogens (tertiary/aromatic N) is 2. The van der Waals surface area contributed by atoms with Crippen LogP contribution in [0.25, 0.3) is 0 Å². The summed E-state index contributed by atoms with van der Waals surface area (Å²) in [4.78, 5) is 12.2. The molecular weight excluding hydrogens is 238 g/mol. The molecule has 1 aromatic carbocycles. The van der Waals surface area contributed by atoms with E-state index < -0.39 is 0 Å². The van der Waals surface area contributed by atoms with Gasteiger partial charge < -0.3 is 5.32 Å². The largest absolute Gasteiger partial charge is 0.322 e. The molecule has 1 aromatic heterocycles. The molecule has 3 rings (SSSR count). The lowest BCUT2D eigenvalue weighted by molar-refractivity contribution is 0.102. The van der Waals surface area contributed by atoms with Gasteiger partial charge >= 0.3 is 0 Å². The predicted octanol–water partition coefficient (Wildman–Crippen LogP) is 2.47. The van der Waals surface area contributed by atoms with Crippen molar-refractivity contribution < 1.29 is 4.79 Å². The maximum Gasteiger partial charge on any atom is 0.259 e. The number of rotatable bonds is 2. The first-order valence-corrected chi connectivity index (χ1v) is 6.57. The van der Waals surface area contributed by atoms with E-state index in [1.165, 1.54) is 17.5 Å². The van der Waals surface area contributed by atoms with E-state index in [1.807, 2.05) is 20.0 Å². The Morgan fingerprint density at radius 1 is 1.32 bits per heavy atom. The molecule has 0 atom stereocenters. The van der Waals surface area contributed by atoms with Crippen molar-refractivity contribution in [1.29, 1.82) is 0 Å². The fourth-order valence-corrected chi connectivity index (χ4v) is 2.57. The van der Waals surface area contributed by atoms with Crippen molar-refractivity contribution in [3.63, 3.8) is 0 Å². The van der Waals surface area contributed by atoms with Gasteiger partial charge in [0.25, 0.3) is 5.91 Å². The number of carbonyl (C=O) groups is 1. The van der Waals surface area contributed by atoms with Crippen molar-refractivity contribution in [3.8, 4) is 0 Å². The minimum absolute atomic E-state index is 0.0939. The van der Waals surface area contributed by atoms with E-state index >= 15 is 0 Å². The quantitative estimate of drug-likeness (QED) is 0.896. The molecule has 0 unspecified atom stereocenters. The van der Waals surface area contributed by atoms with Gasteiger partial charge in [0.05, 0.1) is 11.8 Å². The van der Waals surface area contributed by atoms with Crippen LogP contribution in [-0.4, -0.2) is 15.7 Å². The number of amides is 1. The highest BCUT2D eigenvalue weighted by Gasteiger charge is 2.15. The number of benzene rings is 1. The molecule has 1 N–H and O–H groups in total. The fourth-order valence-electron chi connectivity index (χ4n) is 2.57. The van der Waals surface area contributed by atoms with Gasteiger partial charge in [0.2, 0.25) is 0 Å². The molecule has 0 bridgehead atoms. The predicted molar refractivity (Wildman–Crippen MR) is 74.4 cm³/mol. The van der Waals surface area contributed by atoms with Gasteiger partial charge in [-0.05, 0) is 49.4 Å². The summed E-state index contributed by atoms with van der Waals surface area (Å²) in [5, 5.41) is 7.04. The van der Waals surface area contributed by atoms with Crippen LogP contribution in [0.4, 0.5) is 5.69 Å². The molecule has 4 heteroatoms. The molecular formula is C15H17N3O. The average Bonchev–Trinajstić information content (AvgIpc) is 2.97. The number of aromatic nitrogens is 2. The van der Waals surface area contributed by atoms with Gasteiger partial charge in [0, 0.05) is 18.4 Å². The van der Waals surface area contributed by atoms with Crippen LogP contribution in [0.5, 0.6) is 0 Å². The Hall–Kier alpha value is -2.10.